The predicted octanol–water partition coefficient (Wildman–Crippen LogP) is -2.47. The van der Waals surface area contributed by atoms with E-state index in [4.69, 9.17) is 0 Å². The molecule has 1 aromatic rings. The largest absolute Gasteiger partial charge is 0.545 e. The zero-order valence-electron chi connectivity index (χ0n) is 12.5. The van der Waals surface area contributed by atoms with Gasteiger partial charge in [0.15, 0.2) is 0 Å². The summed E-state index contributed by atoms with van der Waals surface area (Å²) in [4.78, 5) is 43.0. The van der Waals surface area contributed by atoms with Crippen molar-refractivity contribution in [2.24, 2.45) is 0 Å². The molecule has 0 bridgehead atoms. The van der Waals surface area contributed by atoms with E-state index in [2.05, 4.69) is 10.6 Å². The highest BCUT2D eigenvalue weighted by Gasteiger charge is 2.00. The van der Waals surface area contributed by atoms with Crippen LogP contribution in [0.25, 0.3) is 0 Å². The quantitative estimate of drug-likeness (QED) is 0.507. The van der Waals surface area contributed by atoms with Gasteiger partial charge in [0.1, 0.15) is 0 Å². The molecule has 24 heavy (non-hydrogen) atoms. The van der Waals surface area contributed by atoms with Crippen LogP contribution in [0.5, 0.6) is 0 Å². The summed E-state index contributed by atoms with van der Waals surface area (Å²) in [5.41, 5.74) is 1.48. The molecule has 0 saturated heterocycles. The molecule has 8 nitrogen and oxygen atoms in total. The van der Waals surface area contributed by atoms with Gasteiger partial charge in [-0.3, -0.25) is 9.59 Å². The standard InChI is InChI=1S/C16H16N2O6/c19-13(4-6-15(21)22)17-9-11-2-1-3-12(8-11)10-18-14(20)5-7-16(23)24/h1-8H,9-10H2,(H,17,19)(H,18,20)(H,21,22)(H,23,24)/p-2/b6-4-,7-5?. The normalized spacial score (nSPS) is 10.7. The third-order valence-corrected chi connectivity index (χ3v) is 2.67. The fourth-order valence-electron chi connectivity index (χ4n) is 1.63. The van der Waals surface area contributed by atoms with Crippen LogP contribution in [0.1, 0.15) is 11.1 Å². The van der Waals surface area contributed by atoms with Crippen LogP contribution in [0, 0.1) is 0 Å². The number of carbonyl (C=O) groups excluding carboxylic acids is 4. The number of carboxylic acids is 2. The molecular weight excluding hydrogens is 316 g/mol. The highest BCUT2D eigenvalue weighted by atomic mass is 16.4. The van der Waals surface area contributed by atoms with E-state index >= 15 is 0 Å². The fraction of sp³-hybridized carbons (Fsp3) is 0.125. The maximum absolute atomic E-state index is 11.3. The van der Waals surface area contributed by atoms with Gasteiger partial charge in [0.05, 0.1) is 11.9 Å². The lowest BCUT2D eigenvalue weighted by Gasteiger charge is -2.07. The lowest BCUT2D eigenvalue weighted by atomic mass is 10.1. The molecule has 0 saturated carbocycles. The molecule has 0 radical (unpaired) electrons. The maximum Gasteiger partial charge on any atom is 0.244 e. The number of hydrogen-bond acceptors (Lipinski definition) is 6. The van der Waals surface area contributed by atoms with E-state index in [0.29, 0.717) is 12.2 Å². The second-order valence-corrected chi connectivity index (χ2v) is 4.56. The van der Waals surface area contributed by atoms with Crippen LogP contribution in [0.15, 0.2) is 48.6 Å². The number of carbonyl (C=O) groups is 4. The van der Waals surface area contributed by atoms with Crippen LogP contribution in [-0.2, 0) is 32.3 Å². The van der Waals surface area contributed by atoms with E-state index in [1.54, 1.807) is 24.3 Å². The summed E-state index contributed by atoms with van der Waals surface area (Å²) < 4.78 is 0. The van der Waals surface area contributed by atoms with Crippen molar-refractivity contribution in [3.05, 3.63) is 59.7 Å². The van der Waals surface area contributed by atoms with Gasteiger partial charge in [-0.2, -0.15) is 0 Å². The highest BCUT2D eigenvalue weighted by molar-refractivity contribution is 5.93. The number of nitrogens with one attached hydrogen (secondary N) is 2. The van der Waals surface area contributed by atoms with E-state index < -0.39 is 23.8 Å². The first kappa shape index (κ1) is 18.6. The Hall–Kier alpha value is -3.42. The molecule has 0 aliphatic carbocycles. The number of aliphatic carboxylic acids is 2. The van der Waals surface area contributed by atoms with Gasteiger partial charge in [0.2, 0.25) is 11.8 Å². The van der Waals surface area contributed by atoms with Crippen molar-refractivity contribution in [2.75, 3.05) is 0 Å². The van der Waals surface area contributed by atoms with Crippen LogP contribution in [0.3, 0.4) is 0 Å². The average Bonchev–Trinajstić information content (AvgIpc) is 2.54. The van der Waals surface area contributed by atoms with E-state index in [9.17, 15) is 29.4 Å². The van der Waals surface area contributed by atoms with Crippen molar-refractivity contribution in [3.63, 3.8) is 0 Å². The van der Waals surface area contributed by atoms with Crippen molar-refractivity contribution >= 4 is 23.8 Å². The molecule has 2 N–H and O–H groups in total. The van der Waals surface area contributed by atoms with Crippen molar-refractivity contribution < 1.29 is 29.4 Å². The van der Waals surface area contributed by atoms with Crippen LogP contribution in [-0.4, -0.2) is 23.8 Å². The molecule has 0 heterocycles. The molecule has 1 aromatic carbocycles. The molecule has 2 amide bonds. The first-order chi connectivity index (χ1) is 11.4. The predicted molar refractivity (Wildman–Crippen MR) is 78.4 cm³/mol. The summed E-state index contributed by atoms with van der Waals surface area (Å²) in [6.07, 6.45) is 2.95. The Labute approximate surface area is 137 Å². The van der Waals surface area contributed by atoms with E-state index in [0.717, 1.165) is 23.3 Å². The maximum atomic E-state index is 11.3. The Bertz CT molecular complexity index is 638. The first-order valence-electron chi connectivity index (χ1n) is 6.78. The third-order valence-electron chi connectivity index (χ3n) is 2.67. The SMILES string of the molecule is O=C([O-])C=CC(=O)NCc1cccc(CNC(=O)/C=C\C(=O)[O-])c1. The van der Waals surface area contributed by atoms with Gasteiger partial charge in [-0.15, -0.1) is 0 Å². The minimum Gasteiger partial charge on any atom is -0.545 e. The summed E-state index contributed by atoms with van der Waals surface area (Å²) >= 11 is 0. The van der Waals surface area contributed by atoms with Crippen molar-refractivity contribution in [2.45, 2.75) is 13.1 Å². The summed E-state index contributed by atoms with van der Waals surface area (Å²) in [7, 11) is 0. The molecule has 0 aliphatic rings. The van der Waals surface area contributed by atoms with Crippen molar-refractivity contribution in [1.82, 2.24) is 10.6 Å². The van der Waals surface area contributed by atoms with Gasteiger partial charge < -0.3 is 30.4 Å². The first-order valence-corrected chi connectivity index (χ1v) is 6.78. The lowest BCUT2D eigenvalue weighted by Crippen LogP contribution is -2.24. The summed E-state index contributed by atoms with van der Waals surface area (Å²) in [6, 6.07) is 6.93. The third kappa shape index (κ3) is 8.13. The Balaban J connectivity index is 2.52. The zero-order valence-corrected chi connectivity index (χ0v) is 12.5. The molecule has 0 fully saturated rings. The summed E-state index contributed by atoms with van der Waals surface area (Å²) in [6.45, 7) is 0.338. The van der Waals surface area contributed by atoms with E-state index in [1.165, 1.54) is 0 Å². The van der Waals surface area contributed by atoms with Gasteiger partial charge in [-0.05, 0) is 23.3 Å². The van der Waals surface area contributed by atoms with Gasteiger partial charge in [0.25, 0.3) is 0 Å². The van der Waals surface area contributed by atoms with Gasteiger partial charge >= 0.3 is 0 Å². The number of rotatable bonds is 8. The number of hydrogen-bond donors (Lipinski definition) is 2. The minimum absolute atomic E-state index is 0.169. The molecule has 126 valence electrons. The highest BCUT2D eigenvalue weighted by Crippen LogP contribution is 2.05. The number of amides is 2. The van der Waals surface area contributed by atoms with Gasteiger partial charge in [-0.1, -0.05) is 24.3 Å². The molecule has 0 atom stereocenters. The number of carboxylic acid groups (broad SMARTS) is 2. The number of benzene rings is 1. The van der Waals surface area contributed by atoms with Gasteiger partial charge in [-0.25, -0.2) is 0 Å². The summed E-state index contributed by atoms with van der Waals surface area (Å²) in [5.74, 6) is -4.08. The summed E-state index contributed by atoms with van der Waals surface area (Å²) in [5, 5.41) is 25.3. The smallest absolute Gasteiger partial charge is 0.244 e. The van der Waals surface area contributed by atoms with Crippen LogP contribution in [0.4, 0.5) is 0 Å². The monoisotopic (exact) mass is 330 g/mol. The molecule has 0 aliphatic heterocycles. The molecule has 8 heteroatoms. The van der Waals surface area contributed by atoms with Gasteiger partial charge in [0, 0.05) is 25.2 Å². The van der Waals surface area contributed by atoms with E-state index in [1.807, 2.05) is 0 Å². The molecule has 0 unspecified atom stereocenters. The second kappa shape index (κ2) is 9.57. The molecular formula is C16H14N2O6-2. The van der Waals surface area contributed by atoms with E-state index in [-0.39, 0.29) is 13.1 Å². The second-order valence-electron chi connectivity index (χ2n) is 4.56. The molecule has 1 rings (SSSR count). The van der Waals surface area contributed by atoms with Crippen LogP contribution < -0.4 is 20.8 Å². The minimum atomic E-state index is -1.46. The Morgan fingerprint density at radius 1 is 0.792 bits per heavy atom. The average molecular weight is 330 g/mol. The molecule has 0 spiro atoms. The van der Waals surface area contributed by atoms with Crippen LogP contribution in [0.2, 0.25) is 0 Å². The Kier molecular flexibility index (Phi) is 7.43. The van der Waals surface area contributed by atoms with Crippen LogP contribution >= 0.6 is 0 Å². The Morgan fingerprint density at radius 2 is 1.21 bits per heavy atom. The Morgan fingerprint density at radius 3 is 1.58 bits per heavy atom. The molecule has 0 aromatic heterocycles. The van der Waals surface area contributed by atoms with Crippen molar-refractivity contribution in [3.8, 4) is 0 Å². The fourth-order valence-corrected chi connectivity index (χ4v) is 1.63. The van der Waals surface area contributed by atoms with Crippen molar-refractivity contribution in [1.29, 1.82) is 0 Å². The topological polar surface area (TPSA) is 138 Å². The zero-order chi connectivity index (χ0) is 17.9. The lowest BCUT2D eigenvalue weighted by molar-refractivity contribution is -0.298.